The van der Waals surface area contributed by atoms with Crippen LogP contribution in [0, 0.1) is 11.3 Å². The summed E-state index contributed by atoms with van der Waals surface area (Å²) in [5, 5.41) is 9.10. The van der Waals surface area contributed by atoms with E-state index in [2.05, 4.69) is 11.1 Å². The van der Waals surface area contributed by atoms with Crippen molar-refractivity contribution in [2.45, 2.75) is 32.4 Å². The molecule has 0 aromatic carbocycles. The van der Waals surface area contributed by atoms with Crippen LogP contribution < -0.4 is 4.74 Å². The summed E-state index contributed by atoms with van der Waals surface area (Å²) in [5.74, 6) is 0.449. The summed E-state index contributed by atoms with van der Waals surface area (Å²) >= 11 is 0. The molecule has 0 bridgehead atoms. The Labute approximate surface area is 124 Å². The van der Waals surface area contributed by atoms with Crippen LogP contribution >= 0.6 is 0 Å². The van der Waals surface area contributed by atoms with Gasteiger partial charge in [0, 0.05) is 25.1 Å². The Morgan fingerprint density at radius 1 is 1.62 bits per heavy atom. The maximum absolute atomic E-state index is 12.7. The van der Waals surface area contributed by atoms with Gasteiger partial charge in [-0.05, 0) is 13.3 Å². The van der Waals surface area contributed by atoms with Gasteiger partial charge in [0.25, 0.3) is 5.91 Å². The molecule has 21 heavy (non-hydrogen) atoms. The van der Waals surface area contributed by atoms with Crippen molar-refractivity contribution in [1.82, 2.24) is 9.88 Å². The standard InChI is InChI=1S/C15H19N3O3/c1-4-15(2,20-3)14(19)18-5-6-21-13-11(7-16)8-17-9-12(13)10-18/h8-9H,4-6,10H2,1-3H3/t15-/m1/s1. The van der Waals surface area contributed by atoms with Crippen molar-refractivity contribution in [2.75, 3.05) is 20.3 Å². The summed E-state index contributed by atoms with van der Waals surface area (Å²) in [7, 11) is 1.54. The average Bonchev–Trinajstić information content (AvgIpc) is 2.75. The SMILES string of the molecule is CC[C@@](C)(OC)C(=O)N1CCOc2c(C#N)cncc2C1. The Balaban J connectivity index is 2.30. The highest BCUT2D eigenvalue weighted by Gasteiger charge is 2.36. The Morgan fingerprint density at radius 3 is 3.00 bits per heavy atom. The van der Waals surface area contributed by atoms with Crippen molar-refractivity contribution in [1.29, 1.82) is 5.26 Å². The van der Waals surface area contributed by atoms with Crippen LogP contribution in [0.3, 0.4) is 0 Å². The smallest absolute Gasteiger partial charge is 0.254 e. The maximum atomic E-state index is 12.7. The lowest BCUT2D eigenvalue weighted by Gasteiger charge is -2.31. The molecule has 0 fully saturated rings. The fourth-order valence-electron chi connectivity index (χ4n) is 2.29. The van der Waals surface area contributed by atoms with E-state index in [0.29, 0.717) is 37.4 Å². The molecule has 1 amide bonds. The molecule has 0 N–H and O–H groups in total. The lowest BCUT2D eigenvalue weighted by Crippen LogP contribution is -2.48. The second-order valence-corrected chi connectivity index (χ2v) is 5.15. The summed E-state index contributed by atoms with van der Waals surface area (Å²) in [6.45, 7) is 4.87. The predicted molar refractivity (Wildman–Crippen MR) is 75.6 cm³/mol. The van der Waals surface area contributed by atoms with Gasteiger partial charge in [-0.3, -0.25) is 9.78 Å². The fraction of sp³-hybridized carbons (Fsp3) is 0.533. The summed E-state index contributed by atoms with van der Waals surface area (Å²) in [5.41, 5.74) is 0.298. The summed E-state index contributed by atoms with van der Waals surface area (Å²) in [4.78, 5) is 18.4. The normalized spacial score (nSPS) is 17.0. The molecule has 6 heteroatoms. The zero-order valence-corrected chi connectivity index (χ0v) is 12.5. The molecule has 1 atom stereocenters. The monoisotopic (exact) mass is 289 g/mol. The minimum Gasteiger partial charge on any atom is -0.490 e. The average molecular weight is 289 g/mol. The first-order valence-electron chi connectivity index (χ1n) is 6.90. The molecule has 2 heterocycles. The Hall–Kier alpha value is -2.13. The first-order valence-corrected chi connectivity index (χ1v) is 6.90. The first-order chi connectivity index (χ1) is 10.1. The Bertz CT molecular complexity index is 576. The number of ether oxygens (including phenoxy) is 2. The molecule has 0 aliphatic carbocycles. The molecule has 1 aliphatic rings. The lowest BCUT2D eigenvalue weighted by molar-refractivity contribution is -0.154. The van der Waals surface area contributed by atoms with Crippen LogP contribution in [-0.4, -0.2) is 41.7 Å². The quantitative estimate of drug-likeness (QED) is 0.842. The molecule has 1 aromatic rings. The Morgan fingerprint density at radius 2 is 2.38 bits per heavy atom. The van der Waals surface area contributed by atoms with Gasteiger partial charge in [-0.15, -0.1) is 0 Å². The molecule has 0 radical (unpaired) electrons. The summed E-state index contributed by atoms with van der Waals surface area (Å²) < 4.78 is 11.0. The van der Waals surface area contributed by atoms with Crippen LogP contribution in [-0.2, 0) is 16.1 Å². The molecule has 0 spiro atoms. The van der Waals surface area contributed by atoms with Gasteiger partial charge in [0.1, 0.15) is 29.6 Å². The number of rotatable bonds is 3. The fourth-order valence-corrected chi connectivity index (χ4v) is 2.29. The highest BCUT2D eigenvalue weighted by molar-refractivity contribution is 5.85. The zero-order valence-electron chi connectivity index (χ0n) is 12.5. The van der Waals surface area contributed by atoms with E-state index >= 15 is 0 Å². The van der Waals surface area contributed by atoms with Gasteiger partial charge in [-0.1, -0.05) is 6.92 Å². The minimum absolute atomic E-state index is 0.0775. The van der Waals surface area contributed by atoms with E-state index < -0.39 is 5.60 Å². The highest BCUT2D eigenvalue weighted by atomic mass is 16.5. The molecule has 0 saturated carbocycles. The van der Waals surface area contributed by atoms with Crippen LogP contribution in [0.1, 0.15) is 31.4 Å². The zero-order chi connectivity index (χ0) is 15.5. The third-order valence-corrected chi connectivity index (χ3v) is 3.92. The van der Waals surface area contributed by atoms with E-state index in [-0.39, 0.29) is 5.91 Å². The number of aromatic nitrogens is 1. The third kappa shape index (κ3) is 2.83. The number of carbonyl (C=O) groups excluding carboxylic acids is 1. The first kappa shape index (κ1) is 15.3. The number of hydrogen-bond acceptors (Lipinski definition) is 5. The van der Waals surface area contributed by atoms with Gasteiger partial charge in [0.05, 0.1) is 13.1 Å². The van der Waals surface area contributed by atoms with E-state index in [1.54, 1.807) is 25.1 Å². The molecular formula is C15H19N3O3. The molecule has 1 aliphatic heterocycles. The molecular weight excluding hydrogens is 270 g/mol. The van der Waals surface area contributed by atoms with Crippen molar-refractivity contribution in [2.24, 2.45) is 0 Å². The van der Waals surface area contributed by atoms with Crippen molar-refractivity contribution < 1.29 is 14.3 Å². The van der Waals surface area contributed by atoms with Gasteiger partial charge in [0.15, 0.2) is 0 Å². The van der Waals surface area contributed by atoms with Crippen LogP contribution in [0.15, 0.2) is 12.4 Å². The lowest BCUT2D eigenvalue weighted by atomic mass is 10.0. The van der Waals surface area contributed by atoms with Crippen molar-refractivity contribution in [3.63, 3.8) is 0 Å². The number of methoxy groups -OCH3 is 1. The van der Waals surface area contributed by atoms with Crippen molar-refractivity contribution >= 4 is 5.91 Å². The second kappa shape index (κ2) is 6.10. The summed E-state index contributed by atoms with van der Waals surface area (Å²) in [6, 6.07) is 2.06. The van der Waals surface area contributed by atoms with Crippen molar-refractivity contribution in [3.05, 3.63) is 23.5 Å². The molecule has 112 valence electrons. The topological polar surface area (TPSA) is 75.4 Å². The highest BCUT2D eigenvalue weighted by Crippen LogP contribution is 2.28. The largest absolute Gasteiger partial charge is 0.490 e. The van der Waals surface area contributed by atoms with Gasteiger partial charge in [-0.2, -0.15) is 5.26 Å². The van der Waals surface area contributed by atoms with E-state index in [1.165, 1.54) is 6.20 Å². The van der Waals surface area contributed by atoms with Gasteiger partial charge >= 0.3 is 0 Å². The number of fused-ring (bicyclic) bond motifs is 1. The molecule has 0 unspecified atom stereocenters. The maximum Gasteiger partial charge on any atom is 0.254 e. The van der Waals surface area contributed by atoms with E-state index in [9.17, 15) is 4.79 Å². The van der Waals surface area contributed by atoms with Crippen LogP contribution in [0.4, 0.5) is 0 Å². The number of nitriles is 1. The number of amides is 1. The Kier molecular flexibility index (Phi) is 4.43. The predicted octanol–water partition coefficient (Wildman–Crippen LogP) is 1.49. The van der Waals surface area contributed by atoms with E-state index in [4.69, 9.17) is 14.7 Å². The van der Waals surface area contributed by atoms with Gasteiger partial charge in [0.2, 0.25) is 0 Å². The molecule has 1 aromatic heterocycles. The number of carbonyl (C=O) groups is 1. The number of pyridine rings is 1. The van der Waals surface area contributed by atoms with E-state index in [1.807, 2.05) is 6.92 Å². The molecule has 2 rings (SSSR count). The second-order valence-electron chi connectivity index (χ2n) is 5.15. The molecule has 6 nitrogen and oxygen atoms in total. The van der Waals surface area contributed by atoms with E-state index in [0.717, 1.165) is 5.56 Å². The minimum atomic E-state index is -0.842. The number of hydrogen-bond donors (Lipinski definition) is 0. The third-order valence-electron chi connectivity index (χ3n) is 3.92. The van der Waals surface area contributed by atoms with Crippen LogP contribution in [0.5, 0.6) is 5.75 Å². The van der Waals surface area contributed by atoms with Crippen molar-refractivity contribution in [3.8, 4) is 11.8 Å². The van der Waals surface area contributed by atoms with Gasteiger partial charge < -0.3 is 14.4 Å². The molecule has 0 saturated heterocycles. The van der Waals surface area contributed by atoms with Crippen LogP contribution in [0.25, 0.3) is 0 Å². The van der Waals surface area contributed by atoms with Gasteiger partial charge in [-0.25, -0.2) is 0 Å². The van der Waals surface area contributed by atoms with Crippen LogP contribution in [0.2, 0.25) is 0 Å². The summed E-state index contributed by atoms with van der Waals surface area (Å²) in [6.07, 6.45) is 3.70. The number of nitrogens with zero attached hydrogens (tertiary/aromatic N) is 3.